The summed E-state index contributed by atoms with van der Waals surface area (Å²) in [4.78, 5) is 0. The first kappa shape index (κ1) is 19.1. The summed E-state index contributed by atoms with van der Waals surface area (Å²) in [5, 5.41) is 0. The monoisotopic (exact) mass is 302 g/mol. The van der Waals surface area contributed by atoms with Crippen LogP contribution in [0.5, 0.6) is 5.75 Å². The molecule has 0 unspecified atom stereocenters. The topological polar surface area (TPSA) is 66.4 Å². The molecule has 1 aromatic rings. The smallest absolute Gasteiger partial charge is 0.748 e. The van der Waals surface area contributed by atoms with Crippen molar-refractivity contribution in [2.24, 2.45) is 0 Å². The van der Waals surface area contributed by atoms with E-state index in [4.69, 9.17) is 4.74 Å². The van der Waals surface area contributed by atoms with Crippen LogP contribution in [-0.4, -0.2) is 25.3 Å². The normalized spacial score (nSPS) is 10.6. The Labute approximate surface area is 126 Å². The van der Waals surface area contributed by atoms with Gasteiger partial charge < -0.3 is 9.29 Å². The van der Waals surface area contributed by atoms with Gasteiger partial charge in [-0.25, -0.2) is 12.8 Å². The fourth-order valence-electron chi connectivity index (χ4n) is 1.26. The third kappa shape index (κ3) is 7.00. The van der Waals surface area contributed by atoms with Crippen LogP contribution in [0.15, 0.2) is 30.3 Å². The van der Waals surface area contributed by atoms with Crippen LogP contribution in [0, 0.1) is 0 Å². The second kappa shape index (κ2) is 8.37. The molecule has 0 amide bonds. The zero-order valence-electron chi connectivity index (χ0n) is 10.6. The number of hydrogen-bond acceptors (Lipinski definition) is 4. The van der Waals surface area contributed by atoms with Crippen LogP contribution in [0.2, 0.25) is 0 Å². The van der Waals surface area contributed by atoms with Crippen molar-refractivity contribution in [3.63, 3.8) is 0 Å². The molecule has 0 fully saturated rings. The Bertz CT molecular complexity index is 571. The standard InChI is InChI=1S/C11H11F3O4S.Li/c12-10(11(13)14)8-3-1-4-9(7-8)18-5-2-6-19(15,16)17;/h1,3-4,7H,2,5-6H2,(H,15,16,17);/q;+1/p-1. The van der Waals surface area contributed by atoms with Gasteiger partial charge in [0.1, 0.15) is 5.75 Å². The molecule has 0 aliphatic rings. The largest absolute Gasteiger partial charge is 1.00 e. The van der Waals surface area contributed by atoms with Gasteiger partial charge >= 0.3 is 24.9 Å². The maximum atomic E-state index is 12.9. The van der Waals surface area contributed by atoms with E-state index in [1.807, 2.05) is 0 Å². The summed E-state index contributed by atoms with van der Waals surface area (Å²) in [7, 11) is -4.31. The molecule has 0 radical (unpaired) electrons. The van der Waals surface area contributed by atoms with Gasteiger partial charge in [0.15, 0.2) is 5.83 Å². The Kier molecular flexibility index (Phi) is 7.97. The van der Waals surface area contributed by atoms with E-state index in [0.717, 1.165) is 12.1 Å². The molecular weight excluding hydrogens is 292 g/mol. The molecule has 0 atom stereocenters. The van der Waals surface area contributed by atoms with Crippen molar-refractivity contribution in [1.82, 2.24) is 0 Å². The first-order valence-corrected chi connectivity index (χ1v) is 6.75. The van der Waals surface area contributed by atoms with Gasteiger partial charge in [0.05, 0.1) is 16.7 Å². The molecule has 0 bridgehead atoms. The molecule has 1 rings (SSSR count). The molecule has 0 saturated heterocycles. The number of benzene rings is 1. The van der Waals surface area contributed by atoms with Crippen LogP contribution in [0.3, 0.4) is 0 Å². The Morgan fingerprint density at radius 1 is 1.25 bits per heavy atom. The molecule has 0 spiro atoms. The predicted octanol–water partition coefficient (Wildman–Crippen LogP) is -0.461. The molecule has 4 nitrogen and oxygen atoms in total. The third-order valence-corrected chi connectivity index (χ3v) is 2.85. The SMILES string of the molecule is O=S(=O)([O-])CCCOc1cccc(C(F)=C(F)F)c1.[Li+]. The zero-order valence-corrected chi connectivity index (χ0v) is 11.4. The number of ether oxygens (including phenoxy) is 1. The Hall–Kier alpha value is -0.943. The van der Waals surface area contributed by atoms with Crippen molar-refractivity contribution >= 4 is 15.9 Å². The summed E-state index contributed by atoms with van der Waals surface area (Å²) in [6, 6.07) is 4.92. The maximum Gasteiger partial charge on any atom is 1.00 e. The molecule has 0 aliphatic carbocycles. The Morgan fingerprint density at radius 2 is 1.90 bits per heavy atom. The van der Waals surface area contributed by atoms with Gasteiger partial charge in [-0.3, -0.25) is 0 Å². The van der Waals surface area contributed by atoms with E-state index in [0.29, 0.717) is 0 Å². The number of halogens is 3. The van der Waals surface area contributed by atoms with Crippen LogP contribution in [0.25, 0.3) is 5.83 Å². The molecule has 1 aromatic carbocycles. The van der Waals surface area contributed by atoms with Crippen molar-refractivity contribution in [2.45, 2.75) is 6.42 Å². The van der Waals surface area contributed by atoms with E-state index >= 15 is 0 Å². The molecule has 0 N–H and O–H groups in total. The maximum absolute atomic E-state index is 12.9. The summed E-state index contributed by atoms with van der Waals surface area (Å²) < 4.78 is 73.0. The van der Waals surface area contributed by atoms with E-state index in [1.54, 1.807) is 0 Å². The molecule has 0 heterocycles. The van der Waals surface area contributed by atoms with Gasteiger partial charge in [0, 0.05) is 11.3 Å². The van der Waals surface area contributed by atoms with Crippen molar-refractivity contribution in [1.29, 1.82) is 0 Å². The van der Waals surface area contributed by atoms with Gasteiger partial charge in [-0.15, -0.1) is 0 Å². The molecule has 0 aliphatic heterocycles. The molecule has 9 heteroatoms. The van der Waals surface area contributed by atoms with Gasteiger partial charge in [0.25, 0.3) is 0 Å². The molecular formula is C11H10F3LiO4S. The van der Waals surface area contributed by atoms with E-state index in [-0.39, 0.29) is 43.2 Å². The second-order valence-corrected chi connectivity index (χ2v) is 5.09. The van der Waals surface area contributed by atoms with Crippen molar-refractivity contribution in [2.75, 3.05) is 12.4 Å². The van der Waals surface area contributed by atoms with Crippen molar-refractivity contribution in [3.05, 3.63) is 35.9 Å². The molecule has 106 valence electrons. The molecule has 20 heavy (non-hydrogen) atoms. The minimum absolute atomic E-state index is 0. The van der Waals surface area contributed by atoms with E-state index in [9.17, 15) is 26.1 Å². The van der Waals surface area contributed by atoms with Crippen molar-refractivity contribution in [3.8, 4) is 5.75 Å². The van der Waals surface area contributed by atoms with Crippen molar-refractivity contribution < 1.29 is 49.7 Å². The van der Waals surface area contributed by atoms with Gasteiger partial charge in [-0.2, -0.15) is 8.78 Å². The summed E-state index contributed by atoms with van der Waals surface area (Å²) in [6.45, 7) is -0.0889. The summed E-state index contributed by atoms with van der Waals surface area (Å²) in [6.07, 6.45) is -2.47. The quantitative estimate of drug-likeness (QED) is 0.405. The predicted molar refractivity (Wildman–Crippen MR) is 61.4 cm³/mol. The van der Waals surface area contributed by atoms with Crippen LogP contribution in [-0.2, 0) is 10.1 Å². The fourth-order valence-corrected chi connectivity index (χ4v) is 1.73. The van der Waals surface area contributed by atoms with Gasteiger partial charge in [0.2, 0.25) is 0 Å². The van der Waals surface area contributed by atoms with Crippen LogP contribution < -0.4 is 23.6 Å². The first-order chi connectivity index (χ1) is 8.79. The molecule has 0 aromatic heterocycles. The van der Waals surface area contributed by atoms with Crippen LogP contribution in [0.4, 0.5) is 13.2 Å². The summed E-state index contributed by atoms with van der Waals surface area (Å²) in [5.41, 5.74) is -0.339. The minimum atomic E-state index is -4.31. The average molecular weight is 302 g/mol. The second-order valence-electron chi connectivity index (χ2n) is 3.57. The van der Waals surface area contributed by atoms with E-state index in [1.165, 1.54) is 12.1 Å². The Balaban J connectivity index is 0.00000361. The Morgan fingerprint density at radius 3 is 2.45 bits per heavy atom. The van der Waals surface area contributed by atoms with Gasteiger partial charge in [-0.1, -0.05) is 12.1 Å². The average Bonchev–Trinajstić information content (AvgIpc) is 2.33. The van der Waals surface area contributed by atoms with E-state index in [2.05, 4.69) is 0 Å². The summed E-state index contributed by atoms with van der Waals surface area (Å²) in [5.74, 6) is -2.12. The zero-order chi connectivity index (χ0) is 14.5. The van der Waals surface area contributed by atoms with Crippen LogP contribution >= 0.6 is 0 Å². The number of rotatable bonds is 6. The van der Waals surface area contributed by atoms with Gasteiger partial charge in [-0.05, 0) is 18.6 Å². The molecule has 0 saturated carbocycles. The first-order valence-electron chi connectivity index (χ1n) is 5.17. The minimum Gasteiger partial charge on any atom is -0.748 e. The fraction of sp³-hybridized carbons (Fsp3) is 0.273. The summed E-state index contributed by atoms with van der Waals surface area (Å²) >= 11 is 0. The third-order valence-electron chi connectivity index (χ3n) is 2.06. The van der Waals surface area contributed by atoms with E-state index < -0.39 is 27.8 Å². The number of hydrogen-bond donors (Lipinski definition) is 0. The van der Waals surface area contributed by atoms with Crippen LogP contribution in [0.1, 0.15) is 12.0 Å².